The normalized spacial score (nSPS) is 14.8. The lowest BCUT2D eigenvalue weighted by Crippen LogP contribution is -2.26. The number of rotatable bonds is 7. The van der Waals surface area contributed by atoms with E-state index in [0.717, 1.165) is 11.5 Å². The number of hydrogen-bond donors (Lipinski definition) is 1. The second-order valence-corrected chi connectivity index (χ2v) is 10.2. The van der Waals surface area contributed by atoms with Gasteiger partial charge in [-0.25, -0.2) is 4.79 Å². The predicted molar refractivity (Wildman–Crippen MR) is 135 cm³/mol. The maximum atomic E-state index is 13.1. The number of ether oxygens (including phenoxy) is 2. The Balaban J connectivity index is 1.48. The first kappa shape index (κ1) is 23.3. The number of nitrogens with one attached hydrogen (secondary N) is 1. The highest BCUT2D eigenvalue weighted by molar-refractivity contribution is 8.16. The molecule has 4 rings (SSSR count). The zero-order valence-corrected chi connectivity index (χ0v) is 19.9. The van der Waals surface area contributed by atoms with E-state index in [-0.39, 0.29) is 0 Å². The molecule has 0 aromatic heterocycles. The van der Waals surface area contributed by atoms with Crippen molar-refractivity contribution in [3.05, 3.63) is 95.6 Å². The Kier molecular flexibility index (Phi) is 7.96. The molecular formula is C26H25NO4S2. The summed E-state index contributed by atoms with van der Waals surface area (Å²) in [6, 6.07) is 23.5. The van der Waals surface area contributed by atoms with E-state index < -0.39 is 18.0 Å². The average Bonchev–Trinajstić information content (AvgIpc) is 2.88. The Morgan fingerprint density at radius 3 is 2.21 bits per heavy atom. The van der Waals surface area contributed by atoms with Crippen LogP contribution in [-0.4, -0.2) is 30.5 Å². The minimum absolute atomic E-state index is 0.399. The number of benzene rings is 3. The van der Waals surface area contributed by atoms with E-state index in [1.165, 1.54) is 12.0 Å². The highest BCUT2D eigenvalue weighted by Gasteiger charge is 2.26. The second-order valence-electron chi connectivity index (χ2n) is 7.46. The maximum absolute atomic E-state index is 13.1. The van der Waals surface area contributed by atoms with Crippen LogP contribution in [0.2, 0.25) is 0 Å². The predicted octanol–water partition coefficient (Wildman–Crippen LogP) is 6.10. The van der Waals surface area contributed by atoms with Gasteiger partial charge in [0.25, 0.3) is 5.91 Å². The van der Waals surface area contributed by atoms with Gasteiger partial charge in [-0.2, -0.15) is 0 Å². The monoisotopic (exact) mass is 479 g/mol. The molecule has 1 unspecified atom stereocenters. The van der Waals surface area contributed by atoms with E-state index in [4.69, 9.17) is 9.47 Å². The topological polar surface area (TPSA) is 64.6 Å². The number of carbonyl (C=O) groups excluding carboxylic acids is 2. The van der Waals surface area contributed by atoms with Gasteiger partial charge in [0.15, 0.2) is 0 Å². The molecule has 0 aliphatic carbocycles. The zero-order chi connectivity index (χ0) is 23.0. The Morgan fingerprint density at radius 1 is 0.909 bits per heavy atom. The molecule has 0 spiro atoms. The molecule has 7 heteroatoms. The Labute approximate surface area is 202 Å². The van der Waals surface area contributed by atoms with Gasteiger partial charge in [-0.3, -0.25) is 4.79 Å². The first-order chi connectivity index (χ1) is 16.1. The van der Waals surface area contributed by atoms with Gasteiger partial charge in [0, 0.05) is 11.3 Å². The summed E-state index contributed by atoms with van der Waals surface area (Å²) in [7, 11) is 1.58. The second kappa shape index (κ2) is 11.3. The maximum Gasteiger partial charge on any atom is 0.339 e. The minimum atomic E-state index is -1.08. The fourth-order valence-electron chi connectivity index (χ4n) is 3.41. The van der Waals surface area contributed by atoms with E-state index >= 15 is 0 Å². The molecule has 0 bridgehead atoms. The fourth-order valence-corrected chi connectivity index (χ4v) is 6.31. The quantitative estimate of drug-likeness (QED) is 0.413. The largest absolute Gasteiger partial charge is 0.497 e. The lowest BCUT2D eigenvalue weighted by molar-refractivity contribution is -0.125. The van der Waals surface area contributed by atoms with E-state index in [0.29, 0.717) is 27.1 Å². The molecule has 1 aliphatic rings. The number of carbonyl (C=O) groups is 2. The van der Waals surface area contributed by atoms with Crippen LogP contribution in [-0.2, 0) is 9.53 Å². The Bertz CT molecular complexity index is 1070. The van der Waals surface area contributed by atoms with Crippen molar-refractivity contribution in [2.75, 3.05) is 23.9 Å². The number of esters is 1. The van der Waals surface area contributed by atoms with Crippen molar-refractivity contribution in [2.45, 2.75) is 17.1 Å². The SMILES string of the molecule is COc1ccc(NC(=O)C(OC(=O)c2ccc(C3SCCCS3)cc2)c2ccccc2)cc1. The van der Waals surface area contributed by atoms with Crippen LogP contribution in [0.25, 0.3) is 0 Å². The third kappa shape index (κ3) is 6.12. The van der Waals surface area contributed by atoms with Crippen molar-refractivity contribution < 1.29 is 19.1 Å². The molecule has 3 aromatic carbocycles. The fraction of sp³-hybridized carbons (Fsp3) is 0.231. The van der Waals surface area contributed by atoms with Gasteiger partial charge >= 0.3 is 5.97 Å². The molecule has 33 heavy (non-hydrogen) atoms. The first-order valence-electron chi connectivity index (χ1n) is 10.7. The molecule has 5 nitrogen and oxygen atoms in total. The third-order valence-corrected chi connectivity index (χ3v) is 8.18. The summed E-state index contributed by atoms with van der Waals surface area (Å²) in [5.41, 5.74) is 2.80. The molecule has 1 atom stereocenters. The number of anilines is 1. The van der Waals surface area contributed by atoms with E-state index in [2.05, 4.69) is 5.32 Å². The number of hydrogen-bond acceptors (Lipinski definition) is 6. The number of thioether (sulfide) groups is 2. The minimum Gasteiger partial charge on any atom is -0.497 e. The van der Waals surface area contributed by atoms with Crippen LogP contribution in [0, 0.1) is 0 Å². The summed E-state index contributed by atoms with van der Waals surface area (Å²) >= 11 is 3.86. The van der Waals surface area contributed by atoms with Crippen LogP contribution in [0.5, 0.6) is 5.75 Å². The summed E-state index contributed by atoms with van der Waals surface area (Å²) in [5.74, 6) is 2.04. The summed E-state index contributed by atoms with van der Waals surface area (Å²) in [6.07, 6.45) is 0.153. The van der Waals surface area contributed by atoms with Crippen LogP contribution in [0.15, 0.2) is 78.9 Å². The molecule has 0 saturated carbocycles. The van der Waals surface area contributed by atoms with Crippen molar-refractivity contribution in [3.8, 4) is 5.75 Å². The summed E-state index contributed by atoms with van der Waals surface area (Å²) in [6.45, 7) is 0. The summed E-state index contributed by atoms with van der Waals surface area (Å²) in [5, 5.41) is 2.82. The Hall–Kier alpha value is -2.90. The van der Waals surface area contributed by atoms with Crippen LogP contribution >= 0.6 is 23.5 Å². The molecule has 3 aromatic rings. The molecule has 1 N–H and O–H groups in total. The number of methoxy groups -OCH3 is 1. The van der Waals surface area contributed by atoms with Gasteiger partial charge in [0.2, 0.25) is 6.10 Å². The van der Waals surface area contributed by atoms with Gasteiger partial charge in [-0.15, -0.1) is 23.5 Å². The van der Waals surface area contributed by atoms with Crippen molar-refractivity contribution in [1.82, 2.24) is 0 Å². The van der Waals surface area contributed by atoms with Gasteiger partial charge in [0.05, 0.1) is 17.3 Å². The smallest absolute Gasteiger partial charge is 0.339 e. The third-order valence-electron chi connectivity index (χ3n) is 5.17. The van der Waals surface area contributed by atoms with Gasteiger partial charge < -0.3 is 14.8 Å². The van der Waals surface area contributed by atoms with Crippen LogP contribution in [0.1, 0.15) is 38.6 Å². The van der Waals surface area contributed by atoms with E-state index in [1.54, 1.807) is 55.6 Å². The van der Waals surface area contributed by atoms with Crippen molar-refractivity contribution in [2.24, 2.45) is 0 Å². The molecule has 1 heterocycles. The average molecular weight is 480 g/mol. The lowest BCUT2D eigenvalue weighted by Gasteiger charge is -2.21. The van der Waals surface area contributed by atoms with Crippen molar-refractivity contribution >= 4 is 41.1 Å². The molecule has 0 radical (unpaired) electrons. The summed E-state index contributed by atoms with van der Waals surface area (Å²) < 4.78 is 11.3. The van der Waals surface area contributed by atoms with Gasteiger partial charge in [0.1, 0.15) is 5.75 Å². The zero-order valence-electron chi connectivity index (χ0n) is 18.2. The highest BCUT2D eigenvalue weighted by atomic mass is 32.2. The molecule has 170 valence electrons. The molecule has 1 saturated heterocycles. The molecular weight excluding hydrogens is 454 g/mol. The van der Waals surface area contributed by atoms with Gasteiger partial charge in [-0.1, -0.05) is 42.5 Å². The molecule has 1 aliphatic heterocycles. The van der Waals surface area contributed by atoms with Crippen LogP contribution < -0.4 is 10.1 Å². The number of amides is 1. The summed E-state index contributed by atoms with van der Waals surface area (Å²) in [4.78, 5) is 26.0. The standard InChI is InChI=1S/C26H25NO4S2/c1-30-22-14-12-21(13-15-22)27-24(28)23(18-6-3-2-4-7-18)31-25(29)19-8-10-20(11-9-19)26-32-16-5-17-33-26/h2-4,6-15,23,26H,5,16-17H2,1H3,(H,27,28). The van der Waals surface area contributed by atoms with Crippen LogP contribution in [0.3, 0.4) is 0 Å². The Morgan fingerprint density at radius 2 is 1.58 bits per heavy atom. The van der Waals surface area contributed by atoms with Gasteiger partial charge in [-0.05, 0) is 59.9 Å². The lowest BCUT2D eigenvalue weighted by atomic mass is 10.1. The van der Waals surface area contributed by atoms with E-state index in [1.807, 2.05) is 53.9 Å². The van der Waals surface area contributed by atoms with Crippen molar-refractivity contribution in [3.63, 3.8) is 0 Å². The van der Waals surface area contributed by atoms with Crippen LogP contribution in [0.4, 0.5) is 5.69 Å². The first-order valence-corrected chi connectivity index (χ1v) is 12.8. The molecule has 1 fully saturated rings. The highest BCUT2D eigenvalue weighted by Crippen LogP contribution is 2.43. The molecule has 1 amide bonds. The van der Waals surface area contributed by atoms with Crippen molar-refractivity contribution in [1.29, 1.82) is 0 Å². The van der Waals surface area contributed by atoms with E-state index in [9.17, 15) is 9.59 Å².